The number of anilines is 2. The minimum atomic E-state index is -0.0970. The molecule has 8 heteroatoms. The number of amides is 2. The van der Waals surface area contributed by atoms with E-state index in [0.29, 0.717) is 24.5 Å². The van der Waals surface area contributed by atoms with Crippen molar-refractivity contribution in [2.24, 2.45) is 0 Å². The predicted octanol–water partition coefficient (Wildman–Crippen LogP) is 4.22. The molecular weight excluding hydrogens is 410 g/mol. The molecule has 0 aliphatic heterocycles. The summed E-state index contributed by atoms with van der Waals surface area (Å²) in [5.74, 6) is 0.810. The fourth-order valence-electron chi connectivity index (χ4n) is 3.06. The monoisotopic (exact) mass is 437 g/mol. The Hall–Kier alpha value is -3.13. The number of nitrogens with zero attached hydrogens (tertiary/aromatic N) is 3. The number of nitrogens with one attached hydrogen (secondary N) is 2. The molecule has 1 heterocycles. The Labute approximate surface area is 186 Å². The van der Waals surface area contributed by atoms with Crippen LogP contribution in [0, 0.1) is 13.8 Å². The number of rotatable bonds is 9. The van der Waals surface area contributed by atoms with E-state index in [1.165, 1.54) is 11.8 Å². The summed E-state index contributed by atoms with van der Waals surface area (Å²) < 4.78 is 1.95. The van der Waals surface area contributed by atoms with Crippen LogP contribution in [0.15, 0.2) is 53.7 Å². The van der Waals surface area contributed by atoms with Crippen LogP contribution in [0.3, 0.4) is 0 Å². The fraction of sp³-hybridized carbons (Fsp3) is 0.304. The SMILES string of the molecule is CCn1c(CCC(=O)Nc2ccc(C)cc2)nnc1SCC(=O)Nc1cccc(C)c1. The molecule has 0 fully saturated rings. The van der Waals surface area contributed by atoms with Crippen molar-refractivity contribution in [3.8, 4) is 0 Å². The van der Waals surface area contributed by atoms with Crippen LogP contribution in [-0.4, -0.2) is 32.3 Å². The van der Waals surface area contributed by atoms with Gasteiger partial charge in [0.2, 0.25) is 11.8 Å². The second-order valence-electron chi connectivity index (χ2n) is 7.26. The molecule has 0 aliphatic rings. The molecule has 0 bridgehead atoms. The highest BCUT2D eigenvalue weighted by Crippen LogP contribution is 2.19. The summed E-state index contributed by atoms with van der Waals surface area (Å²) in [5, 5.41) is 14.9. The minimum Gasteiger partial charge on any atom is -0.326 e. The maximum Gasteiger partial charge on any atom is 0.234 e. The maximum absolute atomic E-state index is 12.3. The van der Waals surface area contributed by atoms with Crippen LogP contribution in [0.25, 0.3) is 0 Å². The molecule has 2 N–H and O–H groups in total. The Balaban J connectivity index is 1.51. The van der Waals surface area contributed by atoms with Gasteiger partial charge < -0.3 is 15.2 Å². The molecule has 0 saturated carbocycles. The van der Waals surface area contributed by atoms with E-state index in [1.54, 1.807) is 0 Å². The molecule has 0 spiro atoms. The molecule has 1 aromatic heterocycles. The zero-order chi connectivity index (χ0) is 22.2. The molecular formula is C23H27N5O2S. The number of thioether (sulfide) groups is 1. The Kier molecular flexibility index (Phi) is 7.83. The van der Waals surface area contributed by atoms with Crippen LogP contribution in [-0.2, 0) is 22.6 Å². The van der Waals surface area contributed by atoms with Gasteiger partial charge >= 0.3 is 0 Å². The molecule has 3 aromatic rings. The van der Waals surface area contributed by atoms with E-state index in [9.17, 15) is 9.59 Å². The summed E-state index contributed by atoms with van der Waals surface area (Å²) in [7, 11) is 0. The highest BCUT2D eigenvalue weighted by molar-refractivity contribution is 7.99. The van der Waals surface area contributed by atoms with E-state index in [1.807, 2.05) is 73.9 Å². The number of aryl methyl sites for hydroxylation is 3. The van der Waals surface area contributed by atoms with Crippen LogP contribution in [0.4, 0.5) is 11.4 Å². The lowest BCUT2D eigenvalue weighted by Gasteiger charge is -2.09. The molecule has 2 aromatic carbocycles. The molecule has 0 radical (unpaired) electrons. The molecule has 7 nitrogen and oxygen atoms in total. The fourth-order valence-corrected chi connectivity index (χ4v) is 3.89. The summed E-state index contributed by atoms with van der Waals surface area (Å²) in [5.41, 5.74) is 3.80. The van der Waals surface area contributed by atoms with Gasteiger partial charge in [-0.15, -0.1) is 10.2 Å². The average Bonchev–Trinajstić information content (AvgIpc) is 3.14. The van der Waals surface area contributed by atoms with Gasteiger partial charge in [-0.05, 0) is 50.6 Å². The number of aromatic nitrogens is 3. The molecule has 3 rings (SSSR count). The van der Waals surface area contributed by atoms with Crippen LogP contribution in [0.5, 0.6) is 0 Å². The summed E-state index contributed by atoms with van der Waals surface area (Å²) in [6.45, 7) is 6.65. The quantitative estimate of drug-likeness (QED) is 0.490. The van der Waals surface area contributed by atoms with Crippen LogP contribution >= 0.6 is 11.8 Å². The van der Waals surface area contributed by atoms with Crippen molar-refractivity contribution in [1.29, 1.82) is 0 Å². The smallest absolute Gasteiger partial charge is 0.234 e. The molecule has 162 valence electrons. The van der Waals surface area contributed by atoms with Crippen molar-refractivity contribution in [1.82, 2.24) is 14.8 Å². The van der Waals surface area contributed by atoms with Crippen molar-refractivity contribution in [2.75, 3.05) is 16.4 Å². The first-order chi connectivity index (χ1) is 14.9. The number of carbonyl (C=O) groups is 2. The van der Waals surface area contributed by atoms with Gasteiger partial charge in [0.25, 0.3) is 0 Å². The lowest BCUT2D eigenvalue weighted by Crippen LogP contribution is -2.15. The highest BCUT2D eigenvalue weighted by Gasteiger charge is 2.14. The third-order valence-corrected chi connectivity index (χ3v) is 5.62. The average molecular weight is 438 g/mol. The molecule has 31 heavy (non-hydrogen) atoms. The van der Waals surface area contributed by atoms with Crippen LogP contribution in [0.1, 0.15) is 30.3 Å². The van der Waals surface area contributed by atoms with Gasteiger partial charge in [0.15, 0.2) is 5.16 Å². The summed E-state index contributed by atoms with van der Waals surface area (Å²) >= 11 is 1.34. The van der Waals surface area contributed by atoms with Gasteiger partial charge in [-0.3, -0.25) is 9.59 Å². The van der Waals surface area contributed by atoms with Crippen LogP contribution < -0.4 is 10.6 Å². The van der Waals surface area contributed by atoms with Gasteiger partial charge in [-0.1, -0.05) is 41.6 Å². The first-order valence-electron chi connectivity index (χ1n) is 10.2. The van der Waals surface area contributed by atoms with E-state index in [0.717, 1.165) is 28.3 Å². The number of hydrogen-bond acceptors (Lipinski definition) is 5. The van der Waals surface area contributed by atoms with E-state index in [-0.39, 0.29) is 17.6 Å². The Morgan fingerprint density at radius 1 is 0.935 bits per heavy atom. The topological polar surface area (TPSA) is 88.9 Å². The van der Waals surface area contributed by atoms with E-state index < -0.39 is 0 Å². The third kappa shape index (κ3) is 6.68. The van der Waals surface area contributed by atoms with Crippen LogP contribution in [0.2, 0.25) is 0 Å². The first kappa shape index (κ1) is 22.6. The van der Waals surface area contributed by atoms with E-state index in [2.05, 4.69) is 20.8 Å². The molecule has 0 unspecified atom stereocenters. The van der Waals surface area contributed by atoms with E-state index >= 15 is 0 Å². The van der Waals surface area contributed by atoms with Crippen molar-refractivity contribution in [3.05, 3.63) is 65.5 Å². The predicted molar refractivity (Wildman–Crippen MR) is 124 cm³/mol. The summed E-state index contributed by atoms with van der Waals surface area (Å²) in [6, 6.07) is 15.4. The van der Waals surface area contributed by atoms with Crippen molar-refractivity contribution < 1.29 is 9.59 Å². The highest BCUT2D eigenvalue weighted by atomic mass is 32.2. The maximum atomic E-state index is 12.3. The van der Waals surface area contributed by atoms with Gasteiger partial charge in [0.05, 0.1) is 5.75 Å². The standard InChI is InChI=1S/C23H27N5O2S/c1-4-28-20(12-13-21(29)24-18-10-8-16(2)9-11-18)26-27-23(28)31-15-22(30)25-19-7-5-6-17(3)14-19/h5-11,14H,4,12-13,15H2,1-3H3,(H,24,29)(H,25,30). The summed E-state index contributed by atoms with van der Waals surface area (Å²) in [4.78, 5) is 24.5. The van der Waals surface area contributed by atoms with Gasteiger partial charge in [0, 0.05) is 30.8 Å². The zero-order valence-corrected chi connectivity index (χ0v) is 18.8. The minimum absolute atomic E-state index is 0.0683. The lowest BCUT2D eigenvalue weighted by molar-refractivity contribution is -0.116. The second kappa shape index (κ2) is 10.8. The van der Waals surface area contributed by atoms with Crippen molar-refractivity contribution >= 4 is 35.0 Å². The Morgan fingerprint density at radius 3 is 2.39 bits per heavy atom. The largest absolute Gasteiger partial charge is 0.326 e. The van der Waals surface area contributed by atoms with Gasteiger partial charge in [-0.25, -0.2) is 0 Å². The molecule has 0 saturated heterocycles. The first-order valence-corrected chi connectivity index (χ1v) is 11.2. The molecule has 0 aliphatic carbocycles. The Bertz CT molecular complexity index is 1050. The third-order valence-electron chi connectivity index (χ3n) is 4.65. The zero-order valence-electron chi connectivity index (χ0n) is 18.0. The second-order valence-corrected chi connectivity index (χ2v) is 8.21. The number of carbonyl (C=O) groups excluding carboxylic acids is 2. The van der Waals surface area contributed by atoms with Crippen molar-refractivity contribution in [3.63, 3.8) is 0 Å². The van der Waals surface area contributed by atoms with E-state index in [4.69, 9.17) is 0 Å². The number of benzene rings is 2. The number of hydrogen-bond donors (Lipinski definition) is 2. The molecule has 2 amide bonds. The van der Waals surface area contributed by atoms with Gasteiger partial charge in [0.1, 0.15) is 5.82 Å². The lowest BCUT2D eigenvalue weighted by atomic mass is 10.2. The van der Waals surface area contributed by atoms with Crippen molar-refractivity contribution in [2.45, 2.75) is 45.3 Å². The normalized spacial score (nSPS) is 10.7. The Morgan fingerprint density at radius 2 is 1.68 bits per heavy atom. The van der Waals surface area contributed by atoms with Gasteiger partial charge in [-0.2, -0.15) is 0 Å². The summed E-state index contributed by atoms with van der Waals surface area (Å²) in [6.07, 6.45) is 0.791. The molecule has 0 atom stereocenters.